The topological polar surface area (TPSA) is 55.1 Å². The van der Waals surface area contributed by atoms with Crippen LogP contribution >= 0.6 is 0 Å². The Bertz CT molecular complexity index is 762. The molecule has 0 spiro atoms. The van der Waals surface area contributed by atoms with Crippen LogP contribution in [0.1, 0.15) is 11.1 Å². The molecule has 0 unspecified atom stereocenters. The normalized spacial score (nSPS) is 10.4. The molecule has 0 atom stereocenters. The number of aryl methyl sites for hydroxylation is 1. The fourth-order valence-corrected chi connectivity index (χ4v) is 2.26. The molecule has 2 aromatic carbocycles. The molecule has 4 nitrogen and oxygen atoms in total. The van der Waals surface area contributed by atoms with E-state index < -0.39 is 0 Å². The molecule has 0 radical (unpaired) electrons. The highest BCUT2D eigenvalue weighted by atomic mass is 16.3. The molecule has 0 fully saturated rings. The van der Waals surface area contributed by atoms with Crippen molar-refractivity contribution in [1.82, 2.24) is 4.98 Å². The van der Waals surface area contributed by atoms with Crippen LogP contribution in [0, 0.1) is 6.92 Å². The smallest absolute Gasteiger partial charge is 0.228 e. The maximum absolute atomic E-state index is 12.1. The lowest BCUT2D eigenvalue weighted by Crippen LogP contribution is -2.14. The Morgan fingerprint density at radius 2 is 1.91 bits per heavy atom. The van der Waals surface area contributed by atoms with Crippen LogP contribution < -0.4 is 5.32 Å². The van der Waals surface area contributed by atoms with Crippen molar-refractivity contribution in [2.24, 2.45) is 0 Å². The fraction of sp³-hybridized carbons (Fsp3) is 0.111. The van der Waals surface area contributed by atoms with Gasteiger partial charge in [-0.15, -0.1) is 0 Å². The van der Waals surface area contributed by atoms with Crippen LogP contribution in [-0.4, -0.2) is 10.9 Å². The summed E-state index contributed by atoms with van der Waals surface area (Å²) in [6.45, 7) is 2.01. The first kappa shape index (κ1) is 14.1. The lowest BCUT2D eigenvalue weighted by Gasteiger charge is -2.07. The number of aromatic nitrogens is 1. The highest BCUT2D eigenvalue weighted by molar-refractivity contribution is 5.92. The Balaban J connectivity index is 1.66. The van der Waals surface area contributed by atoms with Gasteiger partial charge in [-0.2, -0.15) is 0 Å². The summed E-state index contributed by atoms with van der Waals surface area (Å²) in [7, 11) is 0. The van der Waals surface area contributed by atoms with Gasteiger partial charge in [0.15, 0.2) is 12.2 Å². The first-order chi connectivity index (χ1) is 10.7. The second-order valence-electron chi connectivity index (χ2n) is 5.09. The first-order valence-corrected chi connectivity index (χ1v) is 7.05. The van der Waals surface area contributed by atoms with Gasteiger partial charge in [-0.05, 0) is 42.3 Å². The quantitative estimate of drug-likeness (QED) is 0.795. The van der Waals surface area contributed by atoms with E-state index in [9.17, 15) is 4.79 Å². The van der Waals surface area contributed by atoms with Gasteiger partial charge >= 0.3 is 0 Å². The third-order valence-corrected chi connectivity index (χ3v) is 3.50. The third kappa shape index (κ3) is 3.23. The average Bonchev–Trinajstić information content (AvgIpc) is 3.05. The van der Waals surface area contributed by atoms with Crippen molar-refractivity contribution in [1.29, 1.82) is 0 Å². The summed E-state index contributed by atoms with van der Waals surface area (Å²) in [6.07, 6.45) is 3.43. The summed E-state index contributed by atoms with van der Waals surface area (Å²) >= 11 is 0. The number of rotatable bonds is 4. The molecule has 0 bridgehead atoms. The van der Waals surface area contributed by atoms with Gasteiger partial charge in [0.05, 0.1) is 12.6 Å². The molecule has 4 heteroatoms. The number of carbonyl (C=O) groups excluding carboxylic acids is 1. The summed E-state index contributed by atoms with van der Waals surface area (Å²) < 4.78 is 5.23. The van der Waals surface area contributed by atoms with Crippen molar-refractivity contribution in [3.05, 3.63) is 72.2 Å². The van der Waals surface area contributed by atoms with Gasteiger partial charge in [0, 0.05) is 11.3 Å². The van der Waals surface area contributed by atoms with E-state index in [1.807, 2.05) is 55.5 Å². The number of amides is 1. The summed E-state index contributed by atoms with van der Waals surface area (Å²) in [5.74, 6) is 0.680. The van der Waals surface area contributed by atoms with Crippen LogP contribution in [0.15, 0.2) is 65.5 Å². The molecular formula is C18H16N2O2. The number of hydrogen-bond donors (Lipinski definition) is 1. The molecule has 1 amide bonds. The van der Waals surface area contributed by atoms with E-state index in [0.29, 0.717) is 12.2 Å². The van der Waals surface area contributed by atoms with Crippen LogP contribution in [-0.2, 0) is 11.2 Å². The van der Waals surface area contributed by atoms with Crippen LogP contribution in [0.5, 0.6) is 0 Å². The minimum Gasteiger partial charge on any atom is -0.444 e. The van der Waals surface area contributed by atoms with Crippen molar-refractivity contribution in [2.45, 2.75) is 13.3 Å². The number of benzene rings is 2. The molecule has 1 heterocycles. The summed E-state index contributed by atoms with van der Waals surface area (Å²) in [5.41, 5.74) is 3.85. The number of nitrogens with one attached hydrogen (secondary N) is 1. The number of hydrogen-bond acceptors (Lipinski definition) is 3. The molecular weight excluding hydrogens is 276 g/mol. The molecule has 0 saturated heterocycles. The van der Waals surface area contributed by atoms with E-state index in [-0.39, 0.29) is 5.91 Å². The highest BCUT2D eigenvalue weighted by Crippen LogP contribution is 2.20. The Hall–Kier alpha value is -2.88. The predicted molar refractivity (Wildman–Crippen MR) is 85.5 cm³/mol. The maximum atomic E-state index is 12.1. The molecule has 0 aliphatic heterocycles. The van der Waals surface area contributed by atoms with Crippen LogP contribution in [0.3, 0.4) is 0 Å². The molecule has 1 aromatic heterocycles. The highest BCUT2D eigenvalue weighted by Gasteiger charge is 2.07. The van der Waals surface area contributed by atoms with Gasteiger partial charge in [0.2, 0.25) is 5.91 Å². The average molecular weight is 292 g/mol. The Morgan fingerprint density at radius 3 is 2.59 bits per heavy atom. The van der Waals surface area contributed by atoms with Crippen molar-refractivity contribution >= 4 is 11.6 Å². The van der Waals surface area contributed by atoms with Crippen LogP contribution in [0.4, 0.5) is 5.69 Å². The number of anilines is 1. The van der Waals surface area contributed by atoms with Crippen LogP contribution in [0.25, 0.3) is 11.3 Å². The standard InChI is InChI=1S/C18H16N2O2/c1-13-4-2-3-5-15(13)10-18(21)20-16-8-6-14(7-9-16)17-11-19-12-22-17/h2-9,11-12H,10H2,1H3,(H,20,21). The Morgan fingerprint density at radius 1 is 1.14 bits per heavy atom. The van der Waals surface area contributed by atoms with Gasteiger partial charge in [-0.1, -0.05) is 24.3 Å². The van der Waals surface area contributed by atoms with Gasteiger partial charge in [-0.25, -0.2) is 4.98 Å². The van der Waals surface area contributed by atoms with Crippen LogP contribution in [0.2, 0.25) is 0 Å². The molecule has 1 N–H and O–H groups in total. The fourth-order valence-electron chi connectivity index (χ4n) is 2.26. The Kier molecular flexibility index (Phi) is 4.01. The van der Waals surface area contributed by atoms with E-state index in [4.69, 9.17) is 4.42 Å². The largest absolute Gasteiger partial charge is 0.444 e. The molecule has 3 rings (SSSR count). The van der Waals surface area contributed by atoms with E-state index in [2.05, 4.69) is 10.3 Å². The minimum atomic E-state index is -0.0262. The zero-order valence-corrected chi connectivity index (χ0v) is 12.2. The monoisotopic (exact) mass is 292 g/mol. The van der Waals surface area contributed by atoms with Crippen molar-refractivity contribution in [3.8, 4) is 11.3 Å². The second-order valence-corrected chi connectivity index (χ2v) is 5.09. The van der Waals surface area contributed by atoms with E-state index in [1.165, 1.54) is 6.39 Å². The summed E-state index contributed by atoms with van der Waals surface area (Å²) in [5, 5.41) is 2.90. The van der Waals surface area contributed by atoms with Gasteiger partial charge in [-0.3, -0.25) is 4.79 Å². The Labute approximate surface area is 128 Å². The van der Waals surface area contributed by atoms with Gasteiger partial charge in [0.1, 0.15) is 0 Å². The molecule has 110 valence electrons. The van der Waals surface area contributed by atoms with E-state index >= 15 is 0 Å². The van der Waals surface area contributed by atoms with Gasteiger partial charge < -0.3 is 9.73 Å². The summed E-state index contributed by atoms with van der Waals surface area (Å²) in [6, 6.07) is 15.4. The molecule has 3 aromatic rings. The molecule has 22 heavy (non-hydrogen) atoms. The third-order valence-electron chi connectivity index (χ3n) is 3.50. The van der Waals surface area contributed by atoms with Crippen molar-refractivity contribution in [3.63, 3.8) is 0 Å². The van der Waals surface area contributed by atoms with E-state index in [1.54, 1.807) is 6.20 Å². The number of oxazole rings is 1. The van der Waals surface area contributed by atoms with Crippen molar-refractivity contribution in [2.75, 3.05) is 5.32 Å². The van der Waals surface area contributed by atoms with Crippen molar-refractivity contribution < 1.29 is 9.21 Å². The SMILES string of the molecule is Cc1ccccc1CC(=O)Nc1ccc(-c2cnco2)cc1. The molecule has 0 aliphatic rings. The lowest BCUT2D eigenvalue weighted by molar-refractivity contribution is -0.115. The summed E-state index contributed by atoms with van der Waals surface area (Å²) in [4.78, 5) is 16.0. The first-order valence-electron chi connectivity index (χ1n) is 7.05. The number of carbonyl (C=O) groups is 1. The molecule has 0 saturated carbocycles. The maximum Gasteiger partial charge on any atom is 0.228 e. The predicted octanol–water partition coefficient (Wildman–Crippen LogP) is 3.83. The number of nitrogens with zero attached hydrogens (tertiary/aromatic N) is 1. The molecule has 0 aliphatic carbocycles. The van der Waals surface area contributed by atoms with Gasteiger partial charge in [0.25, 0.3) is 0 Å². The zero-order valence-electron chi connectivity index (χ0n) is 12.2. The zero-order chi connectivity index (χ0) is 15.4. The minimum absolute atomic E-state index is 0.0262. The van der Waals surface area contributed by atoms with E-state index in [0.717, 1.165) is 22.4 Å². The second kappa shape index (κ2) is 6.26. The lowest BCUT2D eigenvalue weighted by atomic mass is 10.1.